The molecule has 2 aliphatic rings. The summed E-state index contributed by atoms with van der Waals surface area (Å²) in [5.74, 6) is 3.62. The Kier molecular flexibility index (Phi) is 7.33. The zero-order chi connectivity index (χ0) is 20.1. The Morgan fingerprint density at radius 3 is 2.25 bits per heavy atom. The molecule has 2 fully saturated rings. The lowest BCUT2D eigenvalue weighted by molar-refractivity contribution is 0.162. The number of ether oxygens (including phenoxy) is 2. The SMILES string of the molecule is COc1cc(OC)c(NC(=O)N2CCC(CC3CCC(C)CC3)CC2)cc1Cl. The second-order valence-electron chi connectivity index (χ2n) is 8.41. The molecule has 1 N–H and O–H groups in total. The van der Waals surface area contributed by atoms with Crippen LogP contribution in [0.5, 0.6) is 11.5 Å². The molecule has 5 nitrogen and oxygen atoms in total. The lowest BCUT2D eigenvalue weighted by Crippen LogP contribution is -2.41. The van der Waals surface area contributed by atoms with E-state index in [1.54, 1.807) is 26.4 Å². The highest BCUT2D eigenvalue weighted by Crippen LogP contribution is 2.37. The number of urea groups is 1. The highest BCUT2D eigenvalue weighted by atomic mass is 35.5. The molecule has 0 radical (unpaired) electrons. The Morgan fingerprint density at radius 1 is 1.04 bits per heavy atom. The van der Waals surface area contributed by atoms with Gasteiger partial charge in [0.05, 0.1) is 24.9 Å². The van der Waals surface area contributed by atoms with Gasteiger partial charge in [0.25, 0.3) is 0 Å². The fraction of sp³-hybridized carbons (Fsp3) is 0.682. The number of nitrogens with zero attached hydrogens (tertiary/aromatic N) is 1. The van der Waals surface area contributed by atoms with Gasteiger partial charge in [0.15, 0.2) is 0 Å². The maximum absolute atomic E-state index is 12.7. The van der Waals surface area contributed by atoms with Crippen molar-refractivity contribution in [2.75, 3.05) is 32.6 Å². The van der Waals surface area contributed by atoms with E-state index in [2.05, 4.69) is 12.2 Å². The maximum atomic E-state index is 12.7. The molecule has 0 spiro atoms. The van der Waals surface area contributed by atoms with Gasteiger partial charge in [0, 0.05) is 19.2 Å². The summed E-state index contributed by atoms with van der Waals surface area (Å²) < 4.78 is 10.6. The largest absolute Gasteiger partial charge is 0.495 e. The van der Waals surface area contributed by atoms with Gasteiger partial charge in [0.2, 0.25) is 0 Å². The predicted molar refractivity (Wildman–Crippen MR) is 114 cm³/mol. The van der Waals surface area contributed by atoms with Crippen LogP contribution >= 0.6 is 11.6 Å². The van der Waals surface area contributed by atoms with E-state index in [-0.39, 0.29) is 6.03 Å². The number of carbonyl (C=O) groups is 1. The van der Waals surface area contributed by atoms with Gasteiger partial charge in [-0.25, -0.2) is 4.79 Å². The summed E-state index contributed by atoms with van der Waals surface area (Å²) in [7, 11) is 3.12. The minimum absolute atomic E-state index is 0.0931. The number of halogens is 1. The van der Waals surface area contributed by atoms with Gasteiger partial charge in [-0.05, 0) is 43.1 Å². The van der Waals surface area contributed by atoms with Crippen LogP contribution < -0.4 is 14.8 Å². The third-order valence-corrected chi connectivity index (χ3v) is 6.71. The van der Waals surface area contributed by atoms with Crippen molar-refractivity contribution < 1.29 is 14.3 Å². The first-order chi connectivity index (χ1) is 13.5. The number of anilines is 1. The summed E-state index contributed by atoms with van der Waals surface area (Å²) in [5.41, 5.74) is 0.566. The summed E-state index contributed by atoms with van der Waals surface area (Å²) in [6.07, 6.45) is 9.08. The monoisotopic (exact) mass is 408 g/mol. The third-order valence-electron chi connectivity index (χ3n) is 6.42. The van der Waals surface area contributed by atoms with Crippen LogP contribution in [0.2, 0.25) is 5.02 Å². The molecule has 1 aromatic rings. The average Bonchev–Trinajstić information content (AvgIpc) is 2.70. The zero-order valence-electron chi connectivity index (χ0n) is 17.3. The Labute approximate surface area is 173 Å². The van der Waals surface area contributed by atoms with Crippen molar-refractivity contribution in [3.05, 3.63) is 17.2 Å². The molecule has 1 aromatic carbocycles. The van der Waals surface area contributed by atoms with E-state index in [4.69, 9.17) is 21.1 Å². The molecule has 1 heterocycles. The summed E-state index contributed by atoms with van der Waals surface area (Å²) in [4.78, 5) is 14.6. The Hall–Kier alpha value is -1.62. The number of nitrogens with one attached hydrogen (secondary N) is 1. The number of amides is 2. The molecule has 1 aliphatic heterocycles. The molecule has 1 saturated carbocycles. The van der Waals surface area contributed by atoms with Crippen LogP contribution in [-0.4, -0.2) is 38.2 Å². The van der Waals surface area contributed by atoms with Crippen LogP contribution in [0.25, 0.3) is 0 Å². The number of benzene rings is 1. The maximum Gasteiger partial charge on any atom is 0.321 e. The molecule has 2 amide bonds. The summed E-state index contributed by atoms with van der Waals surface area (Å²) >= 11 is 6.20. The lowest BCUT2D eigenvalue weighted by atomic mass is 9.77. The fourth-order valence-electron chi connectivity index (χ4n) is 4.56. The minimum Gasteiger partial charge on any atom is -0.495 e. The first-order valence-electron chi connectivity index (χ1n) is 10.5. The first kappa shape index (κ1) is 21.1. The van der Waals surface area contributed by atoms with Crippen molar-refractivity contribution in [1.82, 2.24) is 4.90 Å². The number of piperidine rings is 1. The smallest absolute Gasteiger partial charge is 0.321 e. The molecule has 0 aromatic heterocycles. The van der Waals surface area contributed by atoms with E-state index >= 15 is 0 Å². The summed E-state index contributed by atoms with van der Waals surface area (Å²) in [5, 5.41) is 3.39. The summed E-state index contributed by atoms with van der Waals surface area (Å²) in [6, 6.07) is 3.27. The average molecular weight is 409 g/mol. The van der Waals surface area contributed by atoms with Gasteiger partial charge < -0.3 is 19.7 Å². The normalized spacial score (nSPS) is 23.4. The van der Waals surface area contributed by atoms with Gasteiger partial charge in [0.1, 0.15) is 11.5 Å². The number of hydrogen-bond donors (Lipinski definition) is 1. The zero-order valence-corrected chi connectivity index (χ0v) is 18.1. The van der Waals surface area contributed by atoms with Crippen molar-refractivity contribution in [3.8, 4) is 11.5 Å². The molecule has 6 heteroatoms. The van der Waals surface area contributed by atoms with Crippen LogP contribution in [0.4, 0.5) is 10.5 Å². The Bertz CT molecular complexity index is 666. The van der Waals surface area contributed by atoms with Gasteiger partial charge >= 0.3 is 6.03 Å². The molecule has 3 rings (SSSR count). The second-order valence-corrected chi connectivity index (χ2v) is 8.82. The van der Waals surface area contributed by atoms with Crippen LogP contribution in [0, 0.1) is 17.8 Å². The lowest BCUT2D eigenvalue weighted by Gasteiger charge is -2.35. The van der Waals surface area contributed by atoms with Crippen molar-refractivity contribution >= 4 is 23.3 Å². The molecular formula is C22H33ClN2O3. The molecule has 28 heavy (non-hydrogen) atoms. The van der Waals surface area contributed by atoms with Gasteiger partial charge in [-0.1, -0.05) is 44.2 Å². The second kappa shape index (κ2) is 9.73. The molecular weight excluding hydrogens is 376 g/mol. The molecule has 1 saturated heterocycles. The van der Waals surface area contributed by atoms with Gasteiger partial charge in [-0.3, -0.25) is 0 Å². The summed E-state index contributed by atoms with van der Waals surface area (Å²) in [6.45, 7) is 4.00. The van der Waals surface area contributed by atoms with Crippen LogP contribution in [0.3, 0.4) is 0 Å². The molecule has 0 bridgehead atoms. The quantitative estimate of drug-likeness (QED) is 0.668. The van der Waals surface area contributed by atoms with Crippen LogP contribution in [0.1, 0.15) is 51.9 Å². The number of methoxy groups -OCH3 is 2. The van der Waals surface area contributed by atoms with E-state index in [0.29, 0.717) is 22.2 Å². The molecule has 1 aliphatic carbocycles. The van der Waals surface area contributed by atoms with Crippen LogP contribution in [-0.2, 0) is 0 Å². The number of rotatable bonds is 5. The van der Waals surface area contributed by atoms with Crippen molar-refractivity contribution in [3.63, 3.8) is 0 Å². The highest BCUT2D eigenvalue weighted by Gasteiger charge is 2.27. The van der Waals surface area contributed by atoms with Crippen molar-refractivity contribution in [2.24, 2.45) is 17.8 Å². The van der Waals surface area contributed by atoms with Crippen molar-refractivity contribution in [2.45, 2.75) is 51.9 Å². The molecule has 0 atom stereocenters. The minimum atomic E-state index is -0.0931. The predicted octanol–water partition coefficient (Wildman–Crippen LogP) is 5.82. The molecule has 156 valence electrons. The van der Waals surface area contributed by atoms with E-state index in [1.807, 2.05) is 4.90 Å². The van der Waals surface area contributed by atoms with Crippen molar-refractivity contribution in [1.29, 1.82) is 0 Å². The van der Waals surface area contributed by atoms with Crippen LogP contribution in [0.15, 0.2) is 12.1 Å². The Morgan fingerprint density at radius 2 is 1.64 bits per heavy atom. The number of likely N-dealkylation sites (tertiary alicyclic amines) is 1. The third kappa shape index (κ3) is 5.25. The Balaban J connectivity index is 1.51. The first-order valence-corrected chi connectivity index (χ1v) is 10.8. The van der Waals surface area contributed by atoms with E-state index in [9.17, 15) is 4.79 Å². The fourth-order valence-corrected chi connectivity index (χ4v) is 4.80. The highest BCUT2D eigenvalue weighted by molar-refractivity contribution is 6.32. The number of carbonyl (C=O) groups excluding carboxylic acids is 1. The topological polar surface area (TPSA) is 50.8 Å². The van der Waals surface area contributed by atoms with E-state index in [0.717, 1.165) is 43.7 Å². The van der Waals surface area contributed by atoms with Gasteiger partial charge in [-0.15, -0.1) is 0 Å². The van der Waals surface area contributed by atoms with Gasteiger partial charge in [-0.2, -0.15) is 0 Å². The standard InChI is InChI=1S/C22H33ClN2O3/c1-15-4-6-16(7-5-15)12-17-8-10-25(11-9-17)22(26)24-19-13-18(23)20(27-2)14-21(19)28-3/h13-17H,4-12H2,1-3H3,(H,24,26). The number of hydrogen-bond acceptors (Lipinski definition) is 3. The van der Waals surface area contributed by atoms with E-state index in [1.165, 1.54) is 32.1 Å². The molecule has 0 unspecified atom stereocenters. The van der Waals surface area contributed by atoms with E-state index < -0.39 is 0 Å².